The number of nitrogens with two attached hydrogens (primary N) is 1. The van der Waals surface area contributed by atoms with Crippen LogP contribution in [-0.2, 0) is 4.79 Å². The van der Waals surface area contributed by atoms with E-state index in [1.165, 1.54) is 33.8 Å². The van der Waals surface area contributed by atoms with Gasteiger partial charge in [0.1, 0.15) is 5.69 Å². The molecule has 1 amide bonds. The van der Waals surface area contributed by atoms with Crippen LogP contribution in [0.2, 0.25) is 0 Å². The van der Waals surface area contributed by atoms with Gasteiger partial charge in [0.2, 0.25) is 11.1 Å². The molecule has 3 aromatic rings. The van der Waals surface area contributed by atoms with Crippen LogP contribution < -0.4 is 10.7 Å². The van der Waals surface area contributed by atoms with Crippen LogP contribution >= 0.6 is 23.1 Å². The van der Waals surface area contributed by atoms with Gasteiger partial charge in [-0.15, -0.1) is 21.5 Å². The Balaban J connectivity index is 1.33. The molecule has 10 nitrogen and oxygen atoms in total. The second-order valence-corrected chi connectivity index (χ2v) is 8.45. The Bertz CT molecular complexity index is 1050. The minimum absolute atomic E-state index is 0.0251. The Hall–Kier alpha value is -3.12. The van der Waals surface area contributed by atoms with Crippen LogP contribution in [-0.4, -0.2) is 62.5 Å². The molecule has 2 N–H and O–H groups in total. The van der Waals surface area contributed by atoms with E-state index in [2.05, 4.69) is 10.2 Å². The minimum Gasteiger partial charge on any atom is -0.362 e. The summed E-state index contributed by atoms with van der Waals surface area (Å²) in [7, 11) is 0. The normalized spacial score (nSPS) is 14.1. The van der Waals surface area contributed by atoms with Gasteiger partial charge in [0, 0.05) is 32.2 Å². The third kappa shape index (κ3) is 4.09. The van der Waals surface area contributed by atoms with Gasteiger partial charge in [-0.25, -0.2) is 4.68 Å². The molecule has 1 saturated heterocycles. The number of thiophene rings is 1. The molecule has 0 bridgehead atoms. The van der Waals surface area contributed by atoms with E-state index in [4.69, 9.17) is 5.84 Å². The number of nitro benzene ring substituents is 1. The molecule has 1 aromatic carbocycles. The number of carbonyl (C=O) groups is 1. The molecule has 0 aliphatic carbocycles. The number of hydrogen-bond acceptors (Lipinski definition) is 9. The number of nitrogen functional groups attached to an aromatic ring is 1. The second kappa shape index (κ2) is 8.71. The Labute approximate surface area is 180 Å². The maximum absolute atomic E-state index is 12.6. The highest BCUT2D eigenvalue weighted by Crippen LogP contribution is 2.29. The molecule has 30 heavy (non-hydrogen) atoms. The van der Waals surface area contributed by atoms with Crippen molar-refractivity contribution in [2.75, 3.05) is 42.7 Å². The molecular formula is C18H19N7O3S2. The zero-order valence-electron chi connectivity index (χ0n) is 15.9. The number of carbonyl (C=O) groups excluding carboxylic acids is 1. The highest BCUT2D eigenvalue weighted by molar-refractivity contribution is 7.99. The predicted molar refractivity (Wildman–Crippen MR) is 116 cm³/mol. The zero-order valence-corrected chi connectivity index (χ0v) is 17.5. The van der Waals surface area contributed by atoms with Gasteiger partial charge in [-0.1, -0.05) is 30.0 Å². The number of para-hydroxylation sites is 2. The number of thioether (sulfide) groups is 1. The van der Waals surface area contributed by atoms with Gasteiger partial charge in [0.05, 0.1) is 15.6 Å². The molecule has 156 valence electrons. The van der Waals surface area contributed by atoms with Crippen LogP contribution in [0, 0.1) is 10.1 Å². The van der Waals surface area contributed by atoms with Crippen molar-refractivity contribution in [3.05, 3.63) is 51.9 Å². The van der Waals surface area contributed by atoms with Crippen molar-refractivity contribution in [3.63, 3.8) is 0 Å². The Kier molecular flexibility index (Phi) is 5.86. The van der Waals surface area contributed by atoms with Crippen molar-refractivity contribution < 1.29 is 9.72 Å². The molecule has 1 aliphatic heterocycles. The van der Waals surface area contributed by atoms with Gasteiger partial charge in [-0.05, 0) is 17.5 Å². The molecule has 0 spiro atoms. The smallest absolute Gasteiger partial charge is 0.292 e. The van der Waals surface area contributed by atoms with E-state index >= 15 is 0 Å². The van der Waals surface area contributed by atoms with E-state index in [0.717, 1.165) is 4.88 Å². The first-order chi connectivity index (χ1) is 14.5. The first-order valence-corrected chi connectivity index (χ1v) is 11.0. The predicted octanol–water partition coefficient (Wildman–Crippen LogP) is 2.07. The summed E-state index contributed by atoms with van der Waals surface area (Å²) in [6, 6.07) is 10.5. The van der Waals surface area contributed by atoms with Gasteiger partial charge >= 0.3 is 0 Å². The van der Waals surface area contributed by atoms with Gasteiger partial charge in [-0.3, -0.25) is 14.9 Å². The standard InChI is InChI=1S/C18H19N7O3S2/c19-24-17(15-6-3-11-29-15)20-21-18(24)30-12-16(26)23-9-7-22(8-10-23)13-4-1-2-5-14(13)25(27)28/h1-6,11H,7-10,12,19H2. The summed E-state index contributed by atoms with van der Waals surface area (Å²) in [4.78, 5) is 28.1. The lowest BCUT2D eigenvalue weighted by atomic mass is 10.2. The Morgan fingerprint density at radius 1 is 1.17 bits per heavy atom. The van der Waals surface area contributed by atoms with E-state index in [9.17, 15) is 14.9 Å². The number of rotatable bonds is 6. The molecule has 0 atom stereocenters. The lowest BCUT2D eigenvalue weighted by Crippen LogP contribution is -2.49. The van der Waals surface area contributed by atoms with Crippen LogP contribution in [0.5, 0.6) is 0 Å². The number of benzene rings is 1. The fourth-order valence-corrected chi connectivity index (χ4v) is 4.71. The number of piperazine rings is 1. The van der Waals surface area contributed by atoms with Gasteiger partial charge in [0.25, 0.3) is 5.69 Å². The molecule has 2 aromatic heterocycles. The van der Waals surface area contributed by atoms with E-state index in [0.29, 0.717) is 42.8 Å². The number of nitro groups is 1. The average Bonchev–Trinajstić information content (AvgIpc) is 3.42. The Morgan fingerprint density at radius 3 is 2.63 bits per heavy atom. The van der Waals surface area contributed by atoms with Crippen LogP contribution in [0.15, 0.2) is 46.9 Å². The van der Waals surface area contributed by atoms with Crippen molar-refractivity contribution in [2.24, 2.45) is 0 Å². The average molecular weight is 446 g/mol. The molecule has 0 saturated carbocycles. The first kappa shape index (κ1) is 20.2. The van der Waals surface area contributed by atoms with Crippen molar-refractivity contribution in [1.82, 2.24) is 19.8 Å². The number of aromatic nitrogens is 3. The van der Waals surface area contributed by atoms with Gasteiger partial charge in [0.15, 0.2) is 5.82 Å². The molecule has 3 heterocycles. The maximum Gasteiger partial charge on any atom is 0.292 e. The minimum atomic E-state index is -0.378. The highest BCUT2D eigenvalue weighted by atomic mass is 32.2. The summed E-state index contributed by atoms with van der Waals surface area (Å²) >= 11 is 2.76. The van der Waals surface area contributed by atoms with Gasteiger partial charge in [-0.2, -0.15) is 0 Å². The molecule has 0 radical (unpaired) electrons. The maximum atomic E-state index is 12.6. The van der Waals surface area contributed by atoms with Crippen molar-refractivity contribution in [2.45, 2.75) is 5.16 Å². The molecular weight excluding hydrogens is 426 g/mol. The topological polar surface area (TPSA) is 123 Å². The van der Waals surface area contributed by atoms with E-state index < -0.39 is 0 Å². The molecule has 1 aliphatic rings. The molecule has 0 unspecified atom stereocenters. The Morgan fingerprint density at radius 2 is 1.93 bits per heavy atom. The summed E-state index contributed by atoms with van der Waals surface area (Å²) in [5, 5.41) is 21.8. The summed E-state index contributed by atoms with van der Waals surface area (Å²) in [6.07, 6.45) is 0. The highest BCUT2D eigenvalue weighted by Gasteiger charge is 2.26. The lowest BCUT2D eigenvalue weighted by Gasteiger charge is -2.35. The number of anilines is 1. The lowest BCUT2D eigenvalue weighted by molar-refractivity contribution is -0.384. The SMILES string of the molecule is Nn1c(SCC(=O)N2CCN(c3ccccc3[N+](=O)[O-])CC2)nnc1-c1cccs1. The second-order valence-electron chi connectivity index (χ2n) is 6.56. The van der Waals surface area contributed by atoms with Crippen LogP contribution in [0.1, 0.15) is 0 Å². The molecule has 4 rings (SSSR count). The van der Waals surface area contributed by atoms with E-state index in [1.807, 2.05) is 22.4 Å². The fourth-order valence-electron chi connectivity index (χ4n) is 3.25. The molecule has 12 heteroatoms. The number of hydrogen-bond donors (Lipinski definition) is 1. The van der Waals surface area contributed by atoms with E-state index in [1.54, 1.807) is 23.1 Å². The van der Waals surface area contributed by atoms with Crippen molar-refractivity contribution in [3.8, 4) is 10.7 Å². The number of nitrogens with zero attached hydrogens (tertiary/aromatic N) is 6. The van der Waals surface area contributed by atoms with E-state index in [-0.39, 0.29) is 22.3 Å². The monoisotopic (exact) mass is 445 g/mol. The third-order valence-electron chi connectivity index (χ3n) is 4.78. The summed E-state index contributed by atoms with van der Waals surface area (Å²) in [6.45, 7) is 2.08. The quantitative estimate of drug-likeness (QED) is 0.265. The van der Waals surface area contributed by atoms with Crippen molar-refractivity contribution >= 4 is 40.4 Å². The van der Waals surface area contributed by atoms with Crippen LogP contribution in [0.4, 0.5) is 11.4 Å². The third-order valence-corrected chi connectivity index (χ3v) is 6.58. The largest absolute Gasteiger partial charge is 0.362 e. The summed E-state index contributed by atoms with van der Waals surface area (Å²) in [5.41, 5.74) is 0.665. The summed E-state index contributed by atoms with van der Waals surface area (Å²) < 4.78 is 1.40. The number of amides is 1. The zero-order chi connectivity index (χ0) is 21.1. The fraction of sp³-hybridized carbons (Fsp3) is 0.278. The molecule has 1 fully saturated rings. The summed E-state index contributed by atoms with van der Waals surface area (Å²) in [5.74, 6) is 6.81. The first-order valence-electron chi connectivity index (χ1n) is 9.18. The van der Waals surface area contributed by atoms with Crippen molar-refractivity contribution in [1.29, 1.82) is 0 Å². The van der Waals surface area contributed by atoms with Crippen LogP contribution in [0.3, 0.4) is 0 Å². The van der Waals surface area contributed by atoms with Crippen LogP contribution in [0.25, 0.3) is 10.7 Å². The van der Waals surface area contributed by atoms with Gasteiger partial charge < -0.3 is 15.6 Å².